The average Bonchev–Trinajstić information content (AvgIpc) is 2.37. The third kappa shape index (κ3) is 6.71. The molecule has 2 N–H and O–H groups in total. The predicted molar refractivity (Wildman–Crippen MR) is 85.9 cm³/mol. The Kier molecular flexibility index (Phi) is 7.31. The largest absolute Gasteiger partial charge is 0.326 e. The Hall–Kier alpha value is -1.35. The summed E-state index contributed by atoms with van der Waals surface area (Å²) in [5.74, 6) is 0.762. The summed E-state index contributed by atoms with van der Waals surface area (Å²) < 4.78 is 0. The Bertz CT molecular complexity index is 415. The highest BCUT2D eigenvalue weighted by Crippen LogP contribution is 2.17. The van der Waals surface area contributed by atoms with Crippen LogP contribution in [0, 0.1) is 5.92 Å². The highest BCUT2D eigenvalue weighted by atomic mass is 16.1. The molecule has 20 heavy (non-hydrogen) atoms. The highest BCUT2D eigenvalue weighted by molar-refractivity contribution is 5.88. The lowest BCUT2D eigenvalue weighted by Crippen LogP contribution is -2.20. The van der Waals surface area contributed by atoms with E-state index in [4.69, 9.17) is 0 Å². The molecule has 1 unspecified atom stereocenters. The SMILES string of the molecule is CC(=O)Nc1cccc(C(C)NCCCCC(C)C)c1. The van der Waals surface area contributed by atoms with Gasteiger partial charge in [-0.15, -0.1) is 0 Å². The topological polar surface area (TPSA) is 41.1 Å². The molecule has 112 valence electrons. The van der Waals surface area contributed by atoms with E-state index >= 15 is 0 Å². The van der Waals surface area contributed by atoms with Crippen molar-refractivity contribution in [1.82, 2.24) is 5.32 Å². The average molecular weight is 276 g/mol. The van der Waals surface area contributed by atoms with Gasteiger partial charge < -0.3 is 10.6 Å². The van der Waals surface area contributed by atoms with E-state index in [0.717, 1.165) is 18.2 Å². The summed E-state index contributed by atoms with van der Waals surface area (Å²) in [6.07, 6.45) is 3.80. The van der Waals surface area contributed by atoms with E-state index in [9.17, 15) is 4.79 Å². The lowest BCUT2D eigenvalue weighted by atomic mass is 10.1. The molecule has 1 amide bonds. The quantitative estimate of drug-likeness (QED) is 0.701. The minimum absolute atomic E-state index is 0.0311. The summed E-state index contributed by atoms with van der Waals surface area (Å²) in [5, 5.41) is 6.36. The Morgan fingerprint density at radius 3 is 2.60 bits per heavy atom. The molecule has 3 nitrogen and oxygen atoms in total. The summed E-state index contributed by atoms with van der Waals surface area (Å²) in [6.45, 7) is 9.27. The fourth-order valence-electron chi connectivity index (χ4n) is 2.20. The van der Waals surface area contributed by atoms with Crippen molar-refractivity contribution in [2.24, 2.45) is 5.92 Å². The first-order valence-electron chi connectivity index (χ1n) is 7.60. The van der Waals surface area contributed by atoms with Crippen LogP contribution in [-0.4, -0.2) is 12.5 Å². The molecule has 0 spiro atoms. The molecule has 0 saturated heterocycles. The highest BCUT2D eigenvalue weighted by Gasteiger charge is 2.05. The van der Waals surface area contributed by atoms with Gasteiger partial charge in [-0.1, -0.05) is 38.8 Å². The number of anilines is 1. The zero-order chi connectivity index (χ0) is 15.0. The van der Waals surface area contributed by atoms with Gasteiger partial charge in [-0.3, -0.25) is 4.79 Å². The second-order valence-electron chi connectivity index (χ2n) is 5.87. The predicted octanol–water partition coefficient (Wildman–Crippen LogP) is 4.12. The number of unbranched alkanes of at least 4 members (excludes halogenated alkanes) is 1. The first kappa shape index (κ1) is 16.7. The molecular formula is C17H28N2O. The second kappa shape index (κ2) is 8.75. The maximum absolute atomic E-state index is 11.1. The maximum atomic E-state index is 11.1. The van der Waals surface area contributed by atoms with E-state index in [1.54, 1.807) is 0 Å². The van der Waals surface area contributed by atoms with Gasteiger partial charge in [0, 0.05) is 18.7 Å². The minimum atomic E-state index is -0.0311. The molecule has 0 aliphatic carbocycles. The van der Waals surface area contributed by atoms with E-state index in [2.05, 4.69) is 37.5 Å². The van der Waals surface area contributed by atoms with E-state index in [0.29, 0.717) is 6.04 Å². The molecule has 0 aromatic heterocycles. The van der Waals surface area contributed by atoms with Crippen molar-refractivity contribution >= 4 is 11.6 Å². The van der Waals surface area contributed by atoms with Gasteiger partial charge in [0.1, 0.15) is 0 Å². The molecule has 0 fully saturated rings. The van der Waals surface area contributed by atoms with Crippen molar-refractivity contribution < 1.29 is 4.79 Å². The zero-order valence-corrected chi connectivity index (χ0v) is 13.2. The molecule has 0 aliphatic rings. The molecule has 1 aromatic rings. The number of benzene rings is 1. The van der Waals surface area contributed by atoms with Gasteiger partial charge in [-0.2, -0.15) is 0 Å². The van der Waals surface area contributed by atoms with Crippen LogP contribution >= 0.6 is 0 Å². The number of hydrogen-bond donors (Lipinski definition) is 2. The van der Waals surface area contributed by atoms with Crippen molar-refractivity contribution in [3.63, 3.8) is 0 Å². The van der Waals surface area contributed by atoms with Gasteiger partial charge in [0.25, 0.3) is 0 Å². The maximum Gasteiger partial charge on any atom is 0.221 e. The number of hydrogen-bond acceptors (Lipinski definition) is 2. The molecule has 0 saturated carbocycles. The van der Waals surface area contributed by atoms with Crippen LogP contribution < -0.4 is 10.6 Å². The van der Waals surface area contributed by atoms with E-state index in [1.165, 1.54) is 31.7 Å². The third-order valence-corrected chi connectivity index (χ3v) is 3.37. The van der Waals surface area contributed by atoms with Crippen LogP contribution in [0.25, 0.3) is 0 Å². The number of carbonyl (C=O) groups is 1. The Morgan fingerprint density at radius 1 is 1.20 bits per heavy atom. The number of amides is 1. The smallest absolute Gasteiger partial charge is 0.221 e. The summed E-state index contributed by atoms with van der Waals surface area (Å²) in [5.41, 5.74) is 2.07. The van der Waals surface area contributed by atoms with E-state index in [-0.39, 0.29) is 5.91 Å². The van der Waals surface area contributed by atoms with Gasteiger partial charge in [-0.25, -0.2) is 0 Å². The van der Waals surface area contributed by atoms with Crippen LogP contribution in [0.15, 0.2) is 24.3 Å². The fraction of sp³-hybridized carbons (Fsp3) is 0.588. The van der Waals surface area contributed by atoms with Crippen molar-refractivity contribution in [2.45, 2.75) is 53.0 Å². The van der Waals surface area contributed by atoms with Crippen LogP contribution in [-0.2, 0) is 4.79 Å². The van der Waals surface area contributed by atoms with Gasteiger partial charge >= 0.3 is 0 Å². The van der Waals surface area contributed by atoms with Crippen LogP contribution in [0.5, 0.6) is 0 Å². The lowest BCUT2D eigenvalue weighted by Gasteiger charge is -2.15. The molecule has 1 atom stereocenters. The summed E-state index contributed by atoms with van der Waals surface area (Å²) in [4.78, 5) is 11.1. The van der Waals surface area contributed by atoms with Gasteiger partial charge in [0.15, 0.2) is 0 Å². The molecule has 0 aliphatic heterocycles. The molecule has 0 heterocycles. The Balaban J connectivity index is 2.39. The molecule has 0 radical (unpaired) electrons. The number of carbonyl (C=O) groups excluding carboxylic acids is 1. The third-order valence-electron chi connectivity index (χ3n) is 3.37. The summed E-state index contributed by atoms with van der Waals surface area (Å²) >= 11 is 0. The van der Waals surface area contributed by atoms with Gasteiger partial charge in [-0.05, 0) is 43.5 Å². The van der Waals surface area contributed by atoms with Crippen molar-refractivity contribution in [2.75, 3.05) is 11.9 Å². The first-order chi connectivity index (χ1) is 9.49. The molecule has 3 heteroatoms. The number of nitrogens with one attached hydrogen (secondary N) is 2. The van der Waals surface area contributed by atoms with Crippen molar-refractivity contribution in [3.8, 4) is 0 Å². The molecule has 0 bridgehead atoms. The van der Waals surface area contributed by atoms with E-state index in [1.807, 2.05) is 18.2 Å². The minimum Gasteiger partial charge on any atom is -0.326 e. The van der Waals surface area contributed by atoms with E-state index < -0.39 is 0 Å². The Labute approximate surface area is 123 Å². The standard InChI is InChI=1S/C17H28N2O/c1-13(2)8-5-6-11-18-14(3)16-9-7-10-17(12-16)19-15(4)20/h7,9-10,12-14,18H,5-6,8,11H2,1-4H3,(H,19,20). The molecular weight excluding hydrogens is 248 g/mol. The van der Waals surface area contributed by atoms with Gasteiger partial charge in [0.2, 0.25) is 5.91 Å². The van der Waals surface area contributed by atoms with Crippen LogP contribution in [0.3, 0.4) is 0 Å². The zero-order valence-electron chi connectivity index (χ0n) is 13.2. The van der Waals surface area contributed by atoms with Crippen LogP contribution in [0.1, 0.15) is 58.6 Å². The first-order valence-corrected chi connectivity index (χ1v) is 7.60. The van der Waals surface area contributed by atoms with Gasteiger partial charge in [0.05, 0.1) is 0 Å². The second-order valence-corrected chi connectivity index (χ2v) is 5.87. The summed E-state index contributed by atoms with van der Waals surface area (Å²) in [6, 6.07) is 8.34. The molecule has 1 aromatic carbocycles. The normalized spacial score (nSPS) is 12.4. The fourth-order valence-corrected chi connectivity index (χ4v) is 2.20. The summed E-state index contributed by atoms with van der Waals surface area (Å²) in [7, 11) is 0. The van der Waals surface area contributed by atoms with Crippen molar-refractivity contribution in [1.29, 1.82) is 0 Å². The molecule has 1 rings (SSSR count). The van der Waals surface area contributed by atoms with Crippen LogP contribution in [0.2, 0.25) is 0 Å². The number of rotatable bonds is 8. The lowest BCUT2D eigenvalue weighted by molar-refractivity contribution is -0.114. The Morgan fingerprint density at radius 2 is 1.95 bits per heavy atom. The monoisotopic (exact) mass is 276 g/mol. The van der Waals surface area contributed by atoms with Crippen LogP contribution in [0.4, 0.5) is 5.69 Å². The van der Waals surface area contributed by atoms with Crippen molar-refractivity contribution in [3.05, 3.63) is 29.8 Å².